The highest BCUT2D eigenvalue weighted by atomic mass is 32.2. The van der Waals surface area contributed by atoms with E-state index in [1.807, 2.05) is 6.07 Å². The molecule has 0 amide bonds. The number of benzene rings is 1. The number of ketones is 1. The highest BCUT2D eigenvalue weighted by Gasteiger charge is 2.43. The Balaban J connectivity index is 1.37. The van der Waals surface area contributed by atoms with Gasteiger partial charge in [-0.15, -0.1) is 10.2 Å². The standard InChI is InChI=1S/C24H27FN4O2S/c1-15(18-12-16-8-9-17(18)11-16)29-23(13-31-22-7-3-2-5-19(22)25)27-28-24(29)32-14-21(30)20-6-4-10-26-20/h2-7,10,15-18,26H,8-9,11-14H2,1H3/t15-,16+,17+,18-/m0/s1. The van der Waals surface area contributed by atoms with Crippen LogP contribution in [0.3, 0.4) is 0 Å². The molecule has 2 saturated carbocycles. The van der Waals surface area contributed by atoms with Gasteiger partial charge in [-0.1, -0.05) is 30.3 Å². The first kappa shape index (κ1) is 21.2. The summed E-state index contributed by atoms with van der Waals surface area (Å²) in [5.74, 6) is 2.89. The zero-order chi connectivity index (χ0) is 22.1. The van der Waals surface area contributed by atoms with Crippen LogP contribution in [0.15, 0.2) is 47.8 Å². The van der Waals surface area contributed by atoms with E-state index in [2.05, 4.69) is 26.7 Å². The van der Waals surface area contributed by atoms with E-state index in [9.17, 15) is 9.18 Å². The van der Waals surface area contributed by atoms with Crippen molar-refractivity contribution in [1.29, 1.82) is 0 Å². The number of Topliss-reactive ketones (excluding diaryl/α,β-unsaturated/α-hetero) is 1. The molecule has 0 aliphatic heterocycles. The molecule has 2 heterocycles. The van der Waals surface area contributed by atoms with Gasteiger partial charge in [0, 0.05) is 12.2 Å². The van der Waals surface area contributed by atoms with E-state index in [1.165, 1.54) is 43.5 Å². The van der Waals surface area contributed by atoms with Gasteiger partial charge >= 0.3 is 0 Å². The fraction of sp³-hybridized carbons (Fsp3) is 0.458. The Bertz CT molecular complexity index is 1080. The lowest BCUT2D eigenvalue weighted by atomic mass is 9.84. The second kappa shape index (κ2) is 9.10. The molecule has 1 N–H and O–H groups in total. The molecule has 5 rings (SSSR count). The second-order valence-electron chi connectivity index (χ2n) is 8.86. The molecule has 2 bridgehead atoms. The van der Waals surface area contributed by atoms with Gasteiger partial charge < -0.3 is 9.72 Å². The maximum Gasteiger partial charge on any atom is 0.192 e. The van der Waals surface area contributed by atoms with Crippen LogP contribution >= 0.6 is 11.8 Å². The maximum atomic E-state index is 14.0. The number of hydrogen-bond donors (Lipinski definition) is 1. The summed E-state index contributed by atoms with van der Waals surface area (Å²) in [6, 6.07) is 10.2. The zero-order valence-electron chi connectivity index (χ0n) is 18.0. The third kappa shape index (κ3) is 4.20. The topological polar surface area (TPSA) is 72.8 Å². The van der Waals surface area contributed by atoms with Crippen molar-refractivity contribution < 1.29 is 13.9 Å². The van der Waals surface area contributed by atoms with Crippen LogP contribution in [0.1, 0.15) is 55.0 Å². The molecule has 2 fully saturated rings. The third-order valence-electron chi connectivity index (χ3n) is 6.98. The van der Waals surface area contributed by atoms with Crippen LogP contribution in [0.25, 0.3) is 0 Å². The molecule has 0 radical (unpaired) electrons. The Morgan fingerprint density at radius 3 is 2.84 bits per heavy atom. The molecule has 32 heavy (non-hydrogen) atoms. The van der Waals surface area contributed by atoms with Crippen LogP contribution in [-0.4, -0.2) is 31.3 Å². The summed E-state index contributed by atoms with van der Waals surface area (Å²) in [5.41, 5.74) is 0.591. The lowest BCUT2D eigenvalue weighted by Gasteiger charge is -2.30. The van der Waals surface area contributed by atoms with Crippen molar-refractivity contribution in [1.82, 2.24) is 19.7 Å². The number of hydrogen-bond acceptors (Lipinski definition) is 5. The predicted molar refractivity (Wildman–Crippen MR) is 120 cm³/mol. The summed E-state index contributed by atoms with van der Waals surface area (Å²) >= 11 is 1.40. The van der Waals surface area contributed by atoms with Crippen LogP contribution in [0.4, 0.5) is 4.39 Å². The lowest BCUT2D eigenvalue weighted by molar-refractivity contribution is 0.101. The number of aromatic nitrogens is 4. The average Bonchev–Trinajstić information content (AvgIpc) is 3.60. The molecule has 2 aliphatic carbocycles. The number of para-hydroxylation sites is 1. The van der Waals surface area contributed by atoms with Crippen molar-refractivity contribution >= 4 is 17.5 Å². The number of thioether (sulfide) groups is 1. The van der Waals surface area contributed by atoms with Crippen molar-refractivity contribution in [3.8, 4) is 5.75 Å². The van der Waals surface area contributed by atoms with Crippen LogP contribution < -0.4 is 4.74 Å². The zero-order valence-corrected chi connectivity index (χ0v) is 18.9. The molecule has 6 nitrogen and oxygen atoms in total. The number of halogens is 1. The van der Waals surface area contributed by atoms with Gasteiger partial charge in [-0.25, -0.2) is 4.39 Å². The van der Waals surface area contributed by atoms with Crippen molar-refractivity contribution in [2.75, 3.05) is 5.75 Å². The number of carbonyl (C=O) groups is 1. The van der Waals surface area contributed by atoms with Gasteiger partial charge in [0.2, 0.25) is 0 Å². The number of rotatable bonds is 9. The van der Waals surface area contributed by atoms with Gasteiger partial charge in [0.1, 0.15) is 6.61 Å². The second-order valence-corrected chi connectivity index (χ2v) is 9.81. The van der Waals surface area contributed by atoms with Crippen LogP contribution in [0.2, 0.25) is 0 Å². The van der Waals surface area contributed by atoms with E-state index in [0.29, 0.717) is 22.6 Å². The summed E-state index contributed by atoms with van der Waals surface area (Å²) in [5, 5.41) is 9.50. The Morgan fingerprint density at radius 2 is 2.12 bits per heavy atom. The maximum absolute atomic E-state index is 14.0. The van der Waals surface area contributed by atoms with Gasteiger partial charge in [-0.05, 0) is 68.2 Å². The van der Waals surface area contributed by atoms with Gasteiger partial charge in [-0.3, -0.25) is 9.36 Å². The molecule has 1 aromatic carbocycles. The van der Waals surface area contributed by atoms with Crippen molar-refractivity contribution in [2.45, 2.75) is 50.4 Å². The molecule has 0 saturated heterocycles. The van der Waals surface area contributed by atoms with E-state index >= 15 is 0 Å². The van der Waals surface area contributed by atoms with Crippen molar-refractivity contribution in [2.24, 2.45) is 17.8 Å². The van der Waals surface area contributed by atoms with Crippen LogP contribution in [-0.2, 0) is 6.61 Å². The first-order valence-electron chi connectivity index (χ1n) is 11.2. The summed E-state index contributed by atoms with van der Waals surface area (Å²) < 4.78 is 21.9. The lowest BCUT2D eigenvalue weighted by Crippen LogP contribution is -2.24. The molecule has 2 aliphatic rings. The number of nitrogens with one attached hydrogen (secondary N) is 1. The van der Waals surface area contributed by atoms with E-state index in [-0.39, 0.29) is 29.9 Å². The smallest absolute Gasteiger partial charge is 0.192 e. The molecule has 0 spiro atoms. The number of ether oxygens (including phenoxy) is 1. The highest BCUT2D eigenvalue weighted by molar-refractivity contribution is 7.99. The minimum atomic E-state index is -0.397. The molecule has 3 aromatic rings. The Labute approximate surface area is 191 Å². The van der Waals surface area contributed by atoms with Crippen LogP contribution in [0, 0.1) is 23.6 Å². The van der Waals surface area contributed by atoms with Gasteiger partial charge in [0.05, 0.1) is 11.4 Å². The largest absolute Gasteiger partial charge is 0.483 e. The predicted octanol–water partition coefficient (Wildman–Crippen LogP) is 5.30. The van der Waals surface area contributed by atoms with Gasteiger partial charge in [0.25, 0.3) is 0 Å². The van der Waals surface area contributed by atoms with Gasteiger partial charge in [-0.2, -0.15) is 0 Å². The number of nitrogens with zero attached hydrogens (tertiary/aromatic N) is 3. The molecule has 8 heteroatoms. The summed E-state index contributed by atoms with van der Waals surface area (Å²) in [7, 11) is 0. The van der Waals surface area contributed by atoms with E-state index in [4.69, 9.17) is 4.74 Å². The quantitative estimate of drug-likeness (QED) is 0.351. The monoisotopic (exact) mass is 454 g/mol. The number of carbonyl (C=O) groups excluding carboxylic acids is 1. The summed E-state index contributed by atoms with van der Waals surface area (Å²) in [6.07, 6.45) is 6.91. The molecule has 0 unspecified atom stereocenters. The SMILES string of the molecule is C[C@@H]([C@@H]1C[C@@H]2CC[C@@H]1C2)n1c(COc2ccccc2F)nnc1SCC(=O)c1ccc[nH]1. The molecule has 4 atom stereocenters. The average molecular weight is 455 g/mol. The number of H-pyrrole nitrogens is 1. The fourth-order valence-corrected chi connectivity index (χ4v) is 6.33. The van der Waals surface area contributed by atoms with Gasteiger partial charge in [0.15, 0.2) is 28.3 Å². The van der Waals surface area contributed by atoms with E-state index in [1.54, 1.807) is 30.5 Å². The first-order chi connectivity index (χ1) is 15.6. The van der Waals surface area contributed by atoms with Crippen molar-refractivity contribution in [3.63, 3.8) is 0 Å². The molecular weight excluding hydrogens is 427 g/mol. The molecular formula is C24H27FN4O2S. The fourth-order valence-electron chi connectivity index (χ4n) is 5.41. The van der Waals surface area contributed by atoms with Crippen LogP contribution in [0.5, 0.6) is 5.75 Å². The molecule has 168 valence electrons. The highest BCUT2D eigenvalue weighted by Crippen LogP contribution is 2.52. The minimum Gasteiger partial charge on any atom is -0.483 e. The summed E-state index contributed by atoms with van der Waals surface area (Å²) in [4.78, 5) is 15.5. The number of fused-ring (bicyclic) bond motifs is 2. The third-order valence-corrected chi connectivity index (χ3v) is 7.92. The Morgan fingerprint density at radius 1 is 1.25 bits per heavy atom. The Hall–Kier alpha value is -2.61. The summed E-state index contributed by atoms with van der Waals surface area (Å²) in [6.45, 7) is 2.35. The first-order valence-corrected chi connectivity index (χ1v) is 12.2. The van der Waals surface area contributed by atoms with E-state index in [0.717, 1.165) is 11.8 Å². The number of aromatic amines is 1. The van der Waals surface area contributed by atoms with Crippen molar-refractivity contribution in [3.05, 3.63) is 59.9 Å². The Kier molecular flexibility index (Phi) is 6.04. The van der Waals surface area contributed by atoms with E-state index < -0.39 is 5.82 Å². The minimum absolute atomic E-state index is 0.0197. The normalized spacial score (nSPS) is 22.9. The molecule has 2 aromatic heterocycles.